The third-order valence-corrected chi connectivity index (χ3v) is 8.70. The Morgan fingerprint density at radius 2 is 1.63 bits per heavy atom. The zero-order chi connectivity index (χ0) is 30.2. The molecule has 41 heavy (non-hydrogen) atoms. The molecule has 0 saturated carbocycles. The van der Waals surface area contributed by atoms with Gasteiger partial charge in [0.15, 0.2) is 0 Å². The molecule has 2 amide bonds. The molecule has 0 spiro atoms. The number of ether oxygens (including phenoxy) is 1. The van der Waals surface area contributed by atoms with Gasteiger partial charge in [-0.2, -0.15) is 0 Å². The van der Waals surface area contributed by atoms with Gasteiger partial charge in [-0.05, 0) is 60.4 Å². The lowest BCUT2D eigenvalue weighted by molar-refractivity contribution is -0.140. The molecule has 3 rings (SSSR count). The molecule has 0 bridgehead atoms. The van der Waals surface area contributed by atoms with Gasteiger partial charge in [-0.15, -0.1) is 0 Å². The number of benzene rings is 3. The van der Waals surface area contributed by atoms with Gasteiger partial charge in [0.05, 0.1) is 22.7 Å². The number of rotatable bonds is 13. The minimum Gasteiger partial charge on any atom is -0.497 e. The molecule has 220 valence electrons. The van der Waals surface area contributed by atoms with Gasteiger partial charge in [-0.1, -0.05) is 74.3 Å². The van der Waals surface area contributed by atoms with Crippen LogP contribution in [0.4, 0.5) is 5.69 Å². The van der Waals surface area contributed by atoms with E-state index in [2.05, 4.69) is 5.32 Å². The molecule has 0 heterocycles. The number of carbonyl (C=O) groups is 2. The zero-order valence-electron chi connectivity index (χ0n) is 23.5. The van der Waals surface area contributed by atoms with Crippen molar-refractivity contribution in [3.63, 3.8) is 0 Å². The first-order valence-electron chi connectivity index (χ1n) is 13.2. The predicted molar refractivity (Wildman–Crippen MR) is 163 cm³/mol. The van der Waals surface area contributed by atoms with E-state index in [0.717, 1.165) is 9.87 Å². The summed E-state index contributed by atoms with van der Waals surface area (Å²) in [5.41, 5.74) is 0.797. The highest BCUT2D eigenvalue weighted by molar-refractivity contribution is 7.92. The number of amides is 2. The quantitative estimate of drug-likeness (QED) is 0.262. The number of carbonyl (C=O) groups excluding carboxylic acids is 2. The summed E-state index contributed by atoms with van der Waals surface area (Å²) in [6.07, 6.45) is 0.315. The monoisotopic (exact) mass is 619 g/mol. The molecule has 0 aliphatic heterocycles. The van der Waals surface area contributed by atoms with E-state index in [1.165, 1.54) is 35.2 Å². The molecule has 1 unspecified atom stereocenters. The predicted octanol–water partition coefficient (Wildman–Crippen LogP) is 5.78. The fraction of sp³-hybridized carbons (Fsp3) is 0.333. The second-order valence-corrected chi connectivity index (χ2v) is 12.6. The molecular formula is C30H35Cl2N3O5S. The van der Waals surface area contributed by atoms with Crippen LogP contribution >= 0.6 is 23.2 Å². The van der Waals surface area contributed by atoms with Crippen molar-refractivity contribution in [2.45, 2.75) is 44.7 Å². The summed E-state index contributed by atoms with van der Waals surface area (Å²) in [6.45, 7) is 5.65. The molecule has 0 radical (unpaired) electrons. The molecule has 0 aliphatic carbocycles. The van der Waals surface area contributed by atoms with Gasteiger partial charge in [0.2, 0.25) is 11.8 Å². The topological polar surface area (TPSA) is 96.0 Å². The fourth-order valence-corrected chi connectivity index (χ4v) is 6.06. The second-order valence-electron chi connectivity index (χ2n) is 9.85. The van der Waals surface area contributed by atoms with E-state index in [0.29, 0.717) is 18.7 Å². The molecule has 8 nitrogen and oxygen atoms in total. The largest absolute Gasteiger partial charge is 0.497 e. The minimum absolute atomic E-state index is 0.0211. The van der Waals surface area contributed by atoms with E-state index in [9.17, 15) is 18.0 Å². The van der Waals surface area contributed by atoms with Crippen LogP contribution in [0.3, 0.4) is 0 Å². The Morgan fingerprint density at radius 3 is 2.22 bits per heavy atom. The highest BCUT2D eigenvalue weighted by Gasteiger charge is 2.34. The lowest BCUT2D eigenvalue weighted by atomic mass is 10.1. The first kappa shape index (κ1) is 32.2. The average molecular weight is 621 g/mol. The Balaban J connectivity index is 2.07. The van der Waals surface area contributed by atoms with Crippen LogP contribution < -0.4 is 14.4 Å². The average Bonchev–Trinajstić information content (AvgIpc) is 2.96. The maximum Gasteiger partial charge on any atom is 0.264 e. The third-order valence-electron chi connectivity index (χ3n) is 6.37. The minimum atomic E-state index is -4.25. The number of nitrogens with zero attached hydrogens (tertiary/aromatic N) is 2. The maximum atomic E-state index is 14.1. The number of nitrogens with one attached hydrogen (secondary N) is 1. The van der Waals surface area contributed by atoms with Crippen LogP contribution in [0, 0.1) is 5.92 Å². The third kappa shape index (κ3) is 8.38. The number of hydrogen-bond acceptors (Lipinski definition) is 5. The van der Waals surface area contributed by atoms with Gasteiger partial charge >= 0.3 is 0 Å². The number of halogens is 2. The van der Waals surface area contributed by atoms with E-state index >= 15 is 0 Å². The summed E-state index contributed by atoms with van der Waals surface area (Å²) in [4.78, 5) is 28.8. The van der Waals surface area contributed by atoms with Crippen LogP contribution in [0.25, 0.3) is 0 Å². The van der Waals surface area contributed by atoms with Crippen molar-refractivity contribution in [2.75, 3.05) is 24.5 Å². The summed E-state index contributed by atoms with van der Waals surface area (Å²) in [5.74, 6) is -0.0491. The van der Waals surface area contributed by atoms with Gasteiger partial charge in [0.25, 0.3) is 10.0 Å². The highest BCUT2D eigenvalue weighted by Crippen LogP contribution is 2.33. The van der Waals surface area contributed by atoms with Crippen molar-refractivity contribution in [1.29, 1.82) is 0 Å². The molecule has 0 aromatic heterocycles. The summed E-state index contributed by atoms with van der Waals surface area (Å²) in [7, 11) is -2.70. The van der Waals surface area contributed by atoms with E-state index < -0.39 is 28.5 Å². The van der Waals surface area contributed by atoms with Crippen LogP contribution in [0.2, 0.25) is 10.0 Å². The van der Waals surface area contributed by atoms with Crippen LogP contribution in [0.1, 0.15) is 32.8 Å². The molecular weight excluding hydrogens is 585 g/mol. The van der Waals surface area contributed by atoms with Crippen molar-refractivity contribution < 1.29 is 22.7 Å². The Labute approximate surface area is 252 Å². The van der Waals surface area contributed by atoms with Crippen LogP contribution in [-0.2, 0) is 26.2 Å². The van der Waals surface area contributed by atoms with Gasteiger partial charge in [-0.3, -0.25) is 13.9 Å². The fourth-order valence-electron chi connectivity index (χ4n) is 4.18. The molecule has 11 heteroatoms. The maximum absolute atomic E-state index is 14.1. The van der Waals surface area contributed by atoms with Crippen LogP contribution in [-0.4, -0.2) is 51.4 Å². The van der Waals surface area contributed by atoms with Gasteiger partial charge in [0, 0.05) is 18.1 Å². The van der Waals surface area contributed by atoms with E-state index in [1.54, 1.807) is 56.5 Å². The first-order chi connectivity index (χ1) is 19.5. The number of methoxy groups -OCH3 is 1. The van der Waals surface area contributed by atoms with Crippen molar-refractivity contribution in [3.8, 4) is 5.75 Å². The molecule has 0 saturated heterocycles. The Bertz CT molecular complexity index is 1430. The molecule has 3 aromatic rings. The number of anilines is 1. The van der Waals surface area contributed by atoms with Crippen molar-refractivity contribution in [1.82, 2.24) is 10.2 Å². The number of hydrogen-bond donors (Lipinski definition) is 1. The van der Waals surface area contributed by atoms with E-state index in [1.807, 2.05) is 13.8 Å². The van der Waals surface area contributed by atoms with Gasteiger partial charge < -0.3 is 15.0 Å². The Morgan fingerprint density at radius 1 is 0.976 bits per heavy atom. The highest BCUT2D eigenvalue weighted by atomic mass is 35.5. The van der Waals surface area contributed by atoms with Gasteiger partial charge in [-0.25, -0.2) is 8.42 Å². The molecule has 1 N–H and O–H groups in total. The van der Waals surface area contributed by atoms with E-state index in [-0.39, 0.29) is 39.0 Å². The molecule has 1 atom stereocenters. The van der Waals surface area contributed by atoms with Crippen molar-refractivity contribution in [3.05, 3.63) is 88.4 Å². The molecule has 0 aliphatic rings. The standard InChI is InChI=1S/C30H35Cl2N3O5S/c1-5-27(30(37)33-18-21(2)3)34(19-22-11-14-24(40-4)15-12-22)29(36)20-35(28-17-23(31)13-16-26(28)32)41(38,39)25-9-7-6-8-10-25/h6-17,21,27H,5,18-20H2,1-4H3,(H,33,37). The molecule has 3 aromatic carbocycles. The SMILES string of the molecule is CCC(C(=O)NCC(C)C)N(Cc1ccc(OC)cc1)C(=O)CN(c1cc(Cl)ccc1Cl)S(=O)(=O)c1ccccc1. The molecule has 0 fully saturated rings. The summed E-state index contributed by atoms with van der Waals surface area (Å²) in [6, 6.07) is 18.4. The van der Waals surface area contributed by atoms with Crippen LogP contribution in [0.15, 0.2) is 77.7 Å². The van der Waals surface area contributed by atoms with Crippen LogP contribution in [0.5, 0.6) is 5.75 Å². The Kier molecular flexibility index (Phi) is 11.5. The summed E-state index contributed by atoms with van der Waals surface area (Å²) in [5, 5.41) is 3.26. The number of sulfonamides is 1. The lowest BCUT2D eigenvalue weighted by Crippen LogP contribution is -2.52. The smallest absolute Gasteiger partial charge is 0.264 e. The second kappa shape index (κ2) is 14.6. The lowest BCUT2D eigenvalue weighted by Gasteiger charge is -2.33. The van der Waals surface area contributed by atoms with Gasteiger partial charge in [0.1, 0.15) is 18.3 Å². The summed E-state index contributed by atoms with van der Waals surface area (Å²) >= 11 is 12.7. The van der Waals surface area contributed by atoms with Crippen molar-refractivity contribution in [2.24, 2.45) is 5.92 Å². The first-order valence-corrected chi connectivity index (χ1v) is 15.4. The van der Waals surface area contributed by atoms with Crippen molar-refractivity contribution >= 4 is 50.7 Å². The normalized spacial score (nSPS) is 12.1. The van der Waals surface area contributed by atoms with E-state index in [4.69, 9.17) is 27.9 Å². The zero-order valence-corrected chi connectivity index (χ0v) is 25.8. The Hall–Kier alpha value is -3.27. The summed E-state index contributed by atoms with van der Waals surface area (Å²) < 4.78 is 34.0.